The van der Waals surface area contributed by atoms with Crippen molar-refractivity contribution in [1.82, 2.24) is 29.4 Å². The van der Waals surface area contributed by atoms with Crippen LogP contribution in [0.25, 0.3) is 27.8 Å². The summed E-state index contributed by atoms with van der Waals surface area (Å²) in [4.78, 5) is 8.66. The molecule has 0 aliphatic heterocycles. The summed E-state index contributed by atoms with van der Waals surface area (Å²) in [5, 5.41) is 18.9. The van der Waals surface area contributed by atoms with E-state index in [9.17, 15) is 4.39 Å². The summed E-state index contributed by atoms with van der Waals surface area (Å²) >= 11 is 0. The number of pyridine rings is 1. The van der Waals surface area contributed by atoms with Crippen LogP contribution in [0.2, 0.25) is 0 Å². The second kappa shape index (κ2) is 7.31. The highest BCUT2D eigenvalue weighted by molar-refractivity contribution is 5.79. The third-order valence-corrected chi connectivity index (χ3v) is 5.28. The Kier molecular flexibility index (Phi) is 4.48. The SMILES string of the molecule is C[C@H](c1cc2cccnc2cc1F)c1cnc2ccc(-c3cnn(CCO)c3)nn12. The van der Waals surface area contributed by atoms with Crippen LogP contribution in [0.4, 0.5) is 4.39 Å². The fraction of sp³-hybridized carbons (Fsp3) is 0.182. The third-order valence-electron chi connectivity index (χ3n) is 5.28. The molecule has 150 valence electrons. The molecule has 5 rings (SSSR count). The molecule has 5 aromatic rings. The van der Waals surface area contributed by atoms with Crippen molar-refractivity contribution in [2.75, 3.05) is 6.61 Å². The Morgan fingerprint density at radius 3 is 2.90 bits per heavy atom. The number of nitrogens with zero attached hydrogens (tertiary/aromatic N) is 6. The van der Waals surface area contributed by atoms with Gasteiger partial charge in [0, 0.05) is 35.3 Å². The number of hydrogen-bond acceptors (Lipinski definition) is 5. The minimum absolute atomic E-state index is 0.0175. The van der Waals surface area contributed by atoms with Gasteiger partial charge in [-0.2, -0.15) is 10.2 Å². The predicted octanol–water partition coefficient (Wildman–Crippen LogP) is 3.42. The lowest BCUT2D eigenvalue weighted by molar-refractivity contribution is 0.269. The van der Waals surface area contributed by atoms with Crippen molar-refractivity contribution in [1.29, 1.82) is 0 Å². The molecule has 0 spiro atoms. The highest BCUT2D eigenvalue weighted by atomic mass is 19.1. The van der Waals surface area contributed by atoms with E-state index in [0.29, 0.717) is 23.3 Å². The summed E-state index contributed by atoms with van der Waals surface area (Å²) in [7, 11) is 0. The molecule has 7 nitrogen and oxygen atoms in total. The second-order valence-electron chi connectivity index (χ2n) is 7.18. The van der Waals surface area contributed by atoms with Crippen LogP contribution in [-0.4, -0.2) is 41.1 Å². The van der Waals surface area contributed by atoms with Crippen LogP contribution in [0, 0.1) is 5.82 Å². The van der Waals surface area contributed by atoms with Gasteiger partial charge in [0.1, 0.15) is 5.82 Å². The minimum atomic E-state index is -0.301. The lowest BCUT2D eigenvalue weighted by Crippen LogP contribution is -2.06. The molecule has 1 aromatic carbocycles. The zero-order valence-corrected chi connectivity index (χ0v) is 16.3. The van der Waals surface area contributed by atoms with Gasteiger partial charge in [0.15, 0.2) is 5.65 Å². The Balaban J connectivity index is 1.58. The van der Waals surface area contributed by atoms with Gasteiger partial charge in [-0.05, 0) is 29.8 Å². The number of halogens is 1. The largest absolute Gasteiger partial charge is 0.394 e. The maximum Gasteiger partial charge on any atom is 0.153 e. The zero-order valence-electron chi connectivity index (χ0n) is 16.3. The zero-order chi connectivity index (χ0) is 20.7. The molecular formula is C22H19FN6O. The molecule has 0 amide bonds. The first-order valence-electron chi connectivity index (χ1n) is 9.66. The lowest BCUT2D eigenvalue weighted by Gasteiger charge is -2.13. The van der Waals surface area contributed by atoms with Crippen LogP contribution in [0.15, 0.2) is 61.2 Å². The summed E-state index contributed by atoms with van der Waals surface area (Å²) < 4.78 is 18.3. The van der Waals surface area contributed by atoms with Crippen molar-refractivity contribution in [2.45, 2.75) is 19.4 Å². The second-order valence-corrected chi connectivity index (χ2v) is 7.18. The standard InChI is InChI=1S/C22H19FN6O/c1-14(17-9-15-3-2-6-24-20(15)10-18(17)23)21-12-25-22-5-4-19(27-29(21)22)16-11-26-28(13-16)7-8-30/h2-6,9-14,30H,7-8H2,1H3/t14-/m1/s1. The molecule has 0 unspecified atom stereocenters. The Labute approximate surface area is 171 Å². The summed E-state index contributed by atoms with van der Waals surface area (Å²) in [6, 6.07) is 10.8. The highest BCUT2D eigenvalue weighted by Gasteiger charge is 2.19. The quantitative estimate of drug-likeness (QED) is 0.487. The Hall–Kier alpha value is -3.65. The van der Waals surface area contributed by atoms with E-state index in [0.717, 1.165) is 22.3 Å². The normalized spacial score (nSPS) is 12.6. The van der Waals surface area contributed by atoms with E-state index < -0.39 is 0 Å². The molecule has 0 aliphatic rings. The van der Waals surface area contributed by atoms with Crippen molar-refractivity contribution in [3.05, 3.63) is 78.3 Å². The van der Waals surface area contributed by atoms with E-state index in [-0.39, 0.29) is 18.3 Å². The number of aliphatic hydroxyl groups excluding tert-OH is 1. The predicted molar refractivity (Wildman–Crippen MR) is 111 cm³/mol. The minimum Gasteiger partial charge on any atom is -0.394 e. The van der Waals surface area contributed by atoms with Crippen LogP contribution in [0.3, 0.4) is 0 Å². The van der Waals surface area contributed by atoms with E-state index in [1.807, 2.05) is 43.5 Å². The van der Waals surface area contributed by atoms with Gasteiger partial charge < -0.3 is 5.11 Å². The molecule has 0 bridgehead atoms. The maximum absolute atomic E-state index is 14.9. The Morgan fingerprint density at radius 1 is 1.13 bits per heavy atom. The van der Waals surface area contributed by atoms with Crippen molar-refractivity contribution >= 4 is 16.6 Å². The number of aromatic nitrogens is 6. The van der Waals surface area contributed by atoms with E-state index in [1.54, 1.807) is 27.8 Å². The van der Waals surface area contributed by atoms with E-state index in [2.05, 4.69) is 15.1 Å². The smallest absolute Gasteiger partial charge is 0.153 e. The monoisotopic (exact) mass is 402 g/mol. The van der Waals surface area contributed by atoms with Crippen molar-refractivity contribution < 1.29 is 9.50 Å². The Bertz CT molecular complexity index is 1360. The molecule has 0 aliphatic carbocycles. The molecule has 8 heteroatoms. The number of hydrogen-bond donors (Lipinski definition) is 1. The van der Waals surface area contributed by atoms with Crippen LogP contribution in [0.5, 0.6) is 0 Å². The van der Waals surface area contributed by atoms with Crippen molar-refractivity contribution in [3.8, 4) is 11.3 Å². The van der Waals surface area contributed by atoms with Gasteiger partial charge in [0.05, 0.1) is 42.4 Å². The van der Waals surface area contributed by atoms with Crippen molar-refractivity contribution in [2.24, 2.45) is 0 Å². The van der Waals surface area contributed by atoms with Gasteiger partial charge in [-0.3, -0.25) is 9.67 Å². The lowest BCUT2D eigenvalue weighted by atomic mass is 9.96. The topological polar surface area (TPSA) is 81.1 Å². The molecule has 4 aromatic heterocycles. The van der Waals surface area contributed by atoms with Crippen LogP contribution in [-0.2, 0) is 6.54 Å². The highest BCUT2D eigenvalue weighted by Crippen LogP contribution is 2.30. The fourth-order valence-electron chi connectivity index (χ4n) is 3.66. The van der Waals surface area contributed by atoms with Crippen LogP contribution < -0.4 is 0 Å². The summed E-state index contributed by atoms with van der Waals surface area (Å²) in [5.41, 5.74) is 4.23. The maximum atomic E-state index is 14.9. The van der Waals surface area contributed by atoms with Gasteiger partial charge in [0.2, 0.25) is 0 Å². The third kappa shape index (κ3) is 3.11. The van der Waals surface area contributed by atoms with E-state index in [1.165, 1.54) is 6.07 Å². The number of benzene rings is 1. The average molecular weight is 402 g/mol. The van der Waals surface area contributed by atoms with Crippen LogP contribution >= 0.6 is 0 Å². The first-order chi connectivity index (χ1) is 14.6. The van der Waals surface area contributed by atoms with Crippen molar-refractivity contribution in [3.63, 3.8) is 0 Å². The first kappa shape index (κ1) is 18.4. The molecule has 0 saturated carbocycles. The molecule has 4 heterocycles. The van der Waals surface area contributed by atoms with E-state index >= 15 is 0 Å². The average Bonchev–Trinajstić information content (AvgIpc) is 3.39. The molecule has 0 fully saturated rings. The molecule has 30 heavy (non-hydrogen) atoms. The van der Waals surface area contributed by atoms with Gasteiger partial charge in [-0.1, -0.05) is 13.0 Å². The number of imidazole rings is 1. The molecule has 0 saturated heterocycles. The first-order valence-corrected chi connectivity index (χ1v) is 9.66. The van der Waals surface area contributed by atoms with Crippen LogP contribution in [0.1, 0.15) is 24.1 Å². The fourth-order valence-corrected chi connectivity index (χ4v) is 3.66. The number of fused-ring (bicyclic) bond motifs is 2. The summed E-state index contributed by atoms with van der Waals surface area (Å²) in [5.74, 6) is -0.561. The van der Waals surface area contributed by atoms with E-state index in [4.69, 9.17) is 10.2 Å². The molecule has 0 radical (unpaired) electrons. The van der Waals surface area contributed by atoms with Gasteiger partial charge >= 0.3 is 0 Å². The molecule has 1 atom stereocenters. The molecule has 1 N–H and O–H groups in total. The van der Waals surface area contributed by atoms with Gasteiger partial charge in [-0.15, -0.1) is 0 Å². The van der Waals surface area contributed by atoms with Gasteiger partial charge in [0.25, 0.3) is 0 Å². The summed E-state index contributed by atoms with van der Waals surface area (Å²) in [6.45, 7) is 2.38. The molecular weight excluding hydrogens is 383 g/mol. The van der Waals surface area contributed by atoms with Gasteiger partial charge in [-0.25, -0.2) is 13.9 Å². The number of rotatable bonds is 5. The summed E-state index contributed by atoms with van der Waals surface area (Å²) in [6.07, 6.45) is 6.93. The Morgan fingerprint density at radius 2 is 2.03 bits per heavy atom. The number of aliphatic hydroxyl groups is 1.